The second-order valence-electron chi connectivity index (χ2n) is 8.93. The number of carbonyl (C=O) groups excluding carboxylic acids is 2. The summed E-state index contributed by atoms with van der Waals surface area (Å²) < 4.78 is 32.1. The molecule has 8 heteroatoms. The van der Waals surface area contributed by atoms with Gasteiger partial charge in [0.25, 0.3) is 0 Å². The van der Waals surface area contributed by atoms with Crippen LogP contribution in [0.15, 0.2) is 0 Å². The van der Waals surface area contributed by atoms with Crippen molar-refractivity contribution in [2.75, 3.05) is 26.4 Å². The van der Waals surface area contributed by atoms with Crippen LogP contribution in [0, 0.1) is 0 Å². The van der Waals surface area contributed by atoms with Crippen molar-refractivity contribution < 1.29 is 32.7 Å². The van der Waals surface area contributed by atoms with Gasteiger partial charge in [0.1, 0.15) is 13.2 Å². The van der Waals surface area contributed by atoms with Crippen LogP contribution in [0.4, 0.5) is 0 Å². The van der Waals surface area contributed by atoms with Crippen molar-refractivity contribution in [3.63, 3.8) is 0 Å². The van der Waals surface area contributed by atoms with E-state index in [2.05, 4.69) is 0 Å². The van der Waals surface area contributed by atoms with Crippen LogP contribution >= 0.6 is 8.25 Å². The fourth-order valence-corrected chi connectivity index (χ4v) is 4.26. The summed E-state index contributed by atoms with van der Waals surface area (Å²) in [6, 6.07) is 0. The van der Waals surface area contributed by atoms with Gasteiger partial charge in [-0.1, -0.05) is 89.9 Å². The highest BCUT2D eigenvalue weighted by atomic mass is 31.1. The number of esters is 2. The number of hydrogen-bond donors (Lipinski definition) is 0. The second kappa shape index (κ2) is 26.6. The topological polar surface area (TPSA) is 88.1 Å². The van der Waals surface area contributed by atoms with E-state index in [0.29, 0.717) is 26.4 Å². The molecule has 0 spiro atoms. The molecule has 0 aliphatic heterocycles. The zero-order valence-electron chi connectivity index (χ0n) is 21.9. The second-order valence-corrected chi connectivity index (χ2v) is 9.90. The van der Waals surface area contributed by atoms with E-state index in [9.17, 15) is 14.2 Å². The lowest BCUT2D eigenvalue weighted by atomic mass is 10.1. The highest BCUT2D eigenvalue weighted by Gasteiger charge is 2.18. The minimum Gasteiger partial charge on any atom is -0.466 e. The van der Waals surface area contributed by atoms with E-state index in [1.807, 2.05) is 0 Å². The first-order valence-electron chi connectivity index (χ1n) is 13.5. The molecule has 34 heavy (non-hydrogen) atoms. The lowest BCUT2D eigenvalue weighted by molar-refractivity contribution is -0.142. The number of rotatable bonds is 26. The summed E-state index contributed by atoms with van der Waals surface area (Å²) in [5.41, 5.74) is 0. The van der Waals surface area contributed by atoms with Crippen molar-refractivity contribution in [3.8, 4) is 0 Å². The average Bonchev–Trinajstić information content (AvgIpc) is 2.79. The van der Waals surface area contributed by atoms with Gasteiger partial charge < -0.3 is 9.47 Å². The fraction of sp³-hybridized carbons (Fsp3) is 0.923. The molecule has 0 saturated heterocycles. The van der Waals surface area contributed by atoms with Gasteiger partial charge in [0.2, 0.25) is 0 Å². The van der Waals surface area contributed by atoms with E-state index in [1.54, 1.807) is 0 Å². The average molecular weight is 506 g/mol. The highest BCUT2D eigenvalue weighted by molar-refractivity contribution is 7.33. The quantitative estimate of drug-likeness (QED) is 0.0672. The van der Waals surface area contributed by atoms with Gasteiger partial charge in [-0.15, -0.1) is 9.05 Å². The van der Waals surface area contributed by atoms with Gasteiger partial charge in [-0.25, -0.2) is 0 Å². The van der Waals surface area contributed by atoms with Gasteiger partial charge in [-0.2, -0.15) is 0 Å². The predicted molar refractivity (Wildman–Crippen MR) is 136 cm³/mol. The zero-order valence-corrected chi connectivity index (χ0v) is 22.8. The molecule has 7 nitrogen and oxygen atoms in total. The molecule has 0 aromatic carbocycles. The van der Waals surface area contributed by atoms with E-state index in [4.69, 9.17) is 18.5 Å². The van der Waals surface area contributed by atoms with Crippen molar-refractivity contribution >= 4 is 20.2 Å². The van der Waals surface area contributed by atoms with Gasteiger partial charge in [-0.3, -0.25) is 9.59 Å². The van der Waals surface area contributed by atoms with Crippen LogP contribution in [-0.4, -0.2) is 38.4 Å². The highest BCUT2D eigenvalue weighted by Crippen LogP contribution is 2.25. The molecule has 0 N–H and O–H groups in total. The minimum atomic E-state index is -1.98. The monoisotopic (exact) mass is 505 g/mol. The third-order valence-electron chi connectivity index (χ3n) is 5.58. The molecule has 0 unspecified atom stereocenters. The molecular formula is C26H50O7P+. The number of carbonyl (C=O) groups is 2. The largest absolute Gasteiger partial charge is 0.697 e. The number of ether oxygens (including phenoxy) is 2. The molecule has 0 aromatic heterocycles. The number of hydrogen-bond acceptors (Lipinski definition) is 7. The molecule has 0 bridgehead atoms. The molecule has 0 aliphatic rings. The predicted octanol–water partition coefficient (Wildman–Crippen LogP) is 7.83. The van der Waals surface area contributed by atoms with Crippen molar-refractivity contribution in [1.29, 1.82) is 0 Å². The molecule has 0 aliphatic carbocycles. The Balaban J connectivity index is 3.17. The molecule has 0 radical (unpaired) electrons. The van der Waals surface area contributed by atoms with E-state index >= 15 is 0 Å². The van der Waals surface area contributed by atoms with Gasteiger partial charge >= 0.3 is 20.2 Å². The minimum absolute atomic E-state index is 0.194. The SMILES string of the molecule is CC(=O)OCCCCCCCCCCCO[P+](=O)OCCCCCCCCCCCOC(C)=O. The van der Waals surface area contributed by atoms with Crippen molar-refractivity contribution in [2.24, 2.45) is 0 Å². The van der Waals surface area contributed by atoms with Crippen molar-refractivity contribution in [1.82, 2.24) is 0 Å². The first-order chi connectivity index (χ1) is 16.5. The fourth-order valence-electron chi connectivity index (χ4n) is 3.63. The third-order valence-corrected chi connectivity index (χ3v) is 6.37. The summed E-state index contributed by atoms with van der Waals surface area (Å²) in [5, 5.41) is 0. The summed E-state index contributed by atoms with van der Waals surface area (Å²) >= 11 is 0. The Morgan fingerprint density at radius 2 is 0.676 bits per heavy atom. The maximum Gasteiger partial charge on any atom is 0.697 e. The summed E-state index contributed by atoms with van der Waals surface area (Å²) in [7, 11) is -1.98. The van der Waals surface area contributed by atoms with Crippen LogP contribution in [0.1, 0.15) is 129 Å². The molecule has 0 heterocycles. The first-order valence-corrected chi connectivity index (χ1v) is 14.6. The van der Waals surface area contributed by atoms with Gasteiger partial charge in [-0.05, 0) is 25.7 Å². The molecule has 0 atom stereocenters. The molecular weight excluding hydrogens is 455 g/mol. The van der Waals surface area contributed by atoms with E-state index in [1.165, 1.54) is 78.1 Å². The van der Waals surface area contributed by atoms with Crippen LogP contribution in [0.5, 0.6) is 0 Å². The normalized spacial score (nSPS) is 10.9. The van der Waals surface area contributed by atoms with Crippen LogP contribution in [0.25, 0.3) is 0 Å². The maximum absolute atomic E-state index is 11.7. The summed E-state index contributed by atoms with van der Waals surface area (Å²) in [5.74, 6) is -0.388. The zero-order chi connectivity index (χ0) is 25.1. The molecule has 0 aromatic rings. The van der Waals surface area contributed by atoms with Gasteiger partial charge in [0, 0.05) is 18.4 Å². The lowest BCUT2D eigenvalue weighted by Crippen LogP contribution is -2.00. The van der Waals surface area contributed by atoms with E-state index in [0.717, 1.165) is 51.4 Å². The van der Waals surface area contributed by atoms with E-state index in [-0.39, 0.29) is 11.9 Å². The standard InChI is InChI=1S/C26H50O7P/c1-25(27)30-21-17-13-9-5-3-7-11-15-19-23-32-34(29)33-24-20-16-12-8-4-6-10-14-18-22-31-26(2)28/h3-24H2,1-2H3/q+1. The smallest absolute Gasteiger partial charge is 0.466 e. The molecule has 200 valence electrons. The Kier molecular flexibility index (Phi) is 25.8. The Hall–Kier alpha value is -1.04. The summed E-state index contributed by atoms with van der Waals surface area (Å²) in [4.78, 5) is 21.3. The Morgan fingerprint density at radius 1 is 0.441 bits per heavy atom. The Labute approximate surface area is 209 Å². The third kappa shape index (κ3) is 29.0. The Bertz CT molecular complexity index is 458. The molecule has 0 saturated carbocycles. The van der Waals surface area contributed by atoms with Crippen LogP contribution in [0.2, 0.25) is 0 Å². The maximum atomic E-state index is 11.7. The van der Waals surface area contributed by atoms with Gasteiger partial charge in [0.05, 0.1) is 13.2 Å². The Morgan fingerprint density at radius 3 is 0.941 bits per heavy atom. The van der Waals surface area contributed by atoms with Crippen LogP contribution in [0.3, 0.4) is 0 Å². The van der Waals surface area contributed by atoms with E-state index < -0.39 is 8.25 Å². The first kappa shape index (κ1) is 33.0. The number of unbranched alkanes of at least 4 members (excludes halogenated alkanes) is 16. The lowest BCUT2D eigenvalue weighted by Gasteiger charge is -2.03. The van der Waals surface area contributed by atoms with Crippen LogP contribution in [-0.2, 0) is 32.7 Å². The summed E-state index contributed by atoms with van der Waals surface area (Å²) in [6.45, 7) is 5.00. The van der Waals surface area contributed by atoms with Crippen LogP contribution < -0.4 is 0 Å². The molecule has 0 rings (SSSR count). The van der Waals surface area contributed by atoms with Gasteiger partial charge in [0.15, 0.2) is 0 Å². The van der Waals surface area contributed by atoms with Crippen molar-refractivity contribution in [2.45, 2.75) is 129 Å². The van der Waals surface area contributed by atoms with Crippen molar-refractivity contribution in [3.05, 3.63) is 0 Å². The molecule has 0 fully saturated rings. The molecule has 0 amide bonds. The summed E-state index contributed by atoms with van der Waals surface area (Å²) in [6.07, 6.45) is 20.4.